The van der Waals surface area contributed by atoms with E-state index in [1.807, 2.05) is 0 Å². The first-order chi connectivity index (χ1) is 8.50. The number of rotatable bonds is 2. The molecular weight excluding hydrogens is 300 g/mol. The monoisotopic (exact) mass is 308 g/mol. The Balaban J connectivity index is 2.83. The zero-order valence-electron chi connectivity index (χ0n) is 9.44. The third-order valence-electron chi connectivity index (χ3n) is 2.47. The number of carbonyl (C=O) groups excluding carboxylic acids is 1. The highest BCUT2D eigenvalue weighted by Gasteiger charge is 2.17. The first-order valence-electron chi connectivity index (χ1n) is 5.14. The number of nitro groups is 1. The van der Waals surface area contributed by atoms with Crippen molar-refractivity contribution >= 4 is 44.0 Å². The van der Waals surface area contributed by atoms with Gasteiger partial charge in [0.1, 0.15) is 0 Å². The van der Waals surface area contributed by atoms with Gasteiger partial charge in [-0.05, 0) is 12.1 Å². The molecule has 1 N–H and O–H groups in total. The Morgan fingerprint density at radius 2 is 2.06 bits per heavy atom. The van der Waals surface area contributed by atoms with Gasteiger partial charge < -0.3 is 5.32 Å². The van der Waals surface area contributed by atoms with E-state index in [2.05, 4.69) is 21.2 Å². The normalized spacial score (nSPS) is 10.3. The molecule has 0 aliphatic heterocycles. The van der Waals surface area contributed by atoms with E-state index in [-0.39, 0.29) is 11.6 Å². The summed E-state index contributed by atoms with van der Waals surface area (Å²) >= 11 is 3.35. The molecule has 0 bridgehead atoms. The topological polar surface area (TPSA) is 72.2 Å². The summed E-state index contributed by atoms with van der Waals surface area (Å²) in [6.07, 6.45) is 0. The summed E-state index contributed by atoms with van der Waals surface area (Å²) in [6.45, 7) is 1.36. The van der Waals surface area contributed by atoms with Crippen LogP contribution >= 0.6 is 15.9 Å². The van der Waals surface area contributed by atoms with Crippen molar-refractivity contribution in [2.24, 2.45) is 0 Å². The van der Waals surface area contributed by atoms with Gasteiger partial charge in [0.2, 0.25) is 5.91 Å². The van der Waals surface area contributed by atoms with E-state index in [4.69, 9.17) is 0 Å². The molecule has 0 aromatic heterocycles. The molecule has 2 aromatic rings. The van der Waals surface area contributed by atoms with Crippen molar-refractivity contribution in [3.8, 4) is 0 Å². The predicted octanol–water partition coefficient (Wildman–Crippen LogP) is 3.47. The quantitative estimate of drug-likeness (QED) is 0.682. The summed E-state index contributed by atoms with van der Waals surface area (Å²) in [4.78, 5) is 21.7. The molecule has 0 saturated carbocycles. The Morgan fingerprint density at radius 3 is 2.67 bits per heavy atom. The van der Waals surface area contributed by atoms with Gasteiger partial charge in [-0.1, -0.05) is 28.1 Å². The molecular formula is C12H9BrN2O3. The standard InChI is InChI=1S/C12H9BrN2O3/c1-7(16)14-10-6-5-9(13)8-3-2-4-11(12(8)10)15(17)18/h2-6H,1H3,(H,14,16). The highest BCUT2D eigenvalue weighted by Crippen LogP contribution is 2.36. The van der Waals surface area contributed by atoms with E-state index in [0.29, 0.717) is 16.5 Å². The summed E-state index contributed by atoms with van der Waals surface area (Å²) in [5, 5.41) is 14.8. The average Bonchev–Trinajstić information content (AvgIpc) is 2.31. The van der Waals surface area contributed by atoms with Crippen molar-refractivity contribution in [1.82, 2.24) is 0 Å². The minimum absolute atomic E-state index is 0.0300. The van der Waals surface area contributed by atoms with Crippen LogP contribution in [0, 0.1) is 10.1 Å². The van der Waals surface area contributed by atoms with Crippen molar-refractivity contribution in [1.29, 1.82) is 0 Å². The highest BCUT2D eigenvalue weighted by atomic mass is 79.9. The van der Waals surface area contributed by atoms with Gasteiger partial charge in [0.15, 0.2) is 0 Å². The second-order valence-electron chi connectivity index (χ2n) is 3.73. The molecule has 0 heterocycles. The lowest BCUT2D eigenvalue weighted by Gasteiger charge is -2.08. The number of fused-ring (bicyclic) bond motifs is 1. The average molecular weight is 309 g/mol. The minimum atomic E-state index is -0.458. The Kier molecular flexibility index (Phi) is 3.29. The molecule has 0 aliphatic rings. The van der Waals surface area contributed by atoms with Crippen LogP contribution in [-0.4, -0.2) is 10.8 Å². The first-order valence-corrected chi connectivity index (χ1v) is 5.93. The van der Waals surface area contributed by atoms with Crippen LogP contribution in [0.2, 0.25) is 0 Å². The third kappa shape index (κ3) is 2.19. The van der Waals surface area contributed by atoms with E-state index < -0.39 is 4.92 Å². The van der Waals surface area contributed by atoms with E-state index in [1.54, 1.807) is 24.3 Å². The number of non-ortho nitro benzene ring substituents is 1. The molecule has 0 aliphatic carbocycles. The molecule has 2 aromatic carbocycles. The van der Waals surface area contributed by atoms with Crippen LogP contribution in [0.1, 0.15) is 6.92 Å². The second kappa shape index (κ2) is 4.73. The number of nitrogens with one attached hydrogen (secondary N) is 1. The molecule has 5 nitrogen and oxygen atoms in total. The number of anilines is 1. The van der Waals surface area contributed by atoms with E-state index >= 15 is 0 Å². The lowest BCUT2D eigenvalue weighted by atomic mass is 10.1. The fourth-order valence-corrected chi connectivity index (χ4v) is 2.26. The molecule has 1 amide bonds. The molecule has 0 atom stereocenters. The molecule has 0 unspecified atom stereocenters. The van der Waals surface area contributed by atoms with Gasteiger partial charge in [-0.2, -0.15) is 0 Å². The largest absolute Gasteiger partial charge is 0.326 e. The minimum Gasteiger partial charge on any atom is -0.326 e. The fraction of sp³-hybridized carbons (Fsp3) is 0.0833. The smallest absolute Gasteiger partial charge is 0.279 e. The molecule has 2 rings (SSSR count). The molecule has 0 fully saturated rings. The Morgan fingerprint density at radius 1 is 1.33 bits per heavy atom. The number of nitrogens with zero attached hydrogens (tertiary/aromatic N) is 1. The molecule has 0 radical (unpaired) electrons. The van der Waals surface area contributed by atoms with E-state index in [0.717, 1.165) is 4.47 Å². The summed E-state index contributed by atoms with van der Waals surface area (Å²) in [7, 11) is 0. The lowest BCUT2D eigenvalue weighted by Crippen LogP contribution is -2.06. The molecule has 92 valence electrons. The zero-order chi connectivity index (χ0) is 13.3. The van der Waals surface area contributed by atoms with Gasteiger partial charge in [-0.25, -0.2) is 0 Å². The van der Waals surface area contributed by atoms with Gasteiger partial charge in [0.05, 0.1) is 16.0 Å². The number of hydrogen-bond donors (Lipinski definition) is 1. The van der Waals surface area contributed by atoms with Crippen LogP contribution in [0.5, 0.6) is 0 Å². The Hall–Kier alpha value is -1.95. The third-order valence-corrected chi connectivity index (χ3v) is 3.16. The number of halogens is 1. The number of benzene rings is 2. The van der Waals surface area contributed by atoms with Crippen LogP contribution in [0.3, 0.4) is 0 Å². The highest BCUT2D eigenvalue weighted by molar-refractivity contribution is 9.10. The molecule has 0 spiro atoms. The van der Waals surface area contributed by atoms with Gasteiger partial charge >= 0.3 is 0 Å². The summed E-state index contributed by atoms with van der Waals surface area (Å²) in [6, 6.07) is 8.18. The molecule has 0 saturated heterocycles. The van der Waals surface area contributed by atoms with Crippen LogP contribution in [0.15, 0.2) is 34.8 Å². The maximum Gasteiger partial charge on any atom is 0.279 e. The molecule has 6 heteroatoms. The predicted molar refractivity (Wildman–Crippen MR) is 72.6 cm³/mol. The van der Waals surface area contributed by atoms with E-state index in [9.17, 15) is 14.9 Å². The van der Waals surface area contributed by atoms with Crippen LogP contribution < -0.4 is 5.32 Å². The van der Waals surface area contributed by atoms with Gasteiger partial charge in [0, 0.05) is 22.8 Å². The molecule has 18 heavy (non-hydrogen) atoms. The van der Waals surface area contributed by atoms with Crippen molar-refractivity contribution < 1.29 is 9.72 Å². The Bertz CT molecular complexity index is 655. The summed E-state index contributed by atoms with van der Waals surface area (Å²) in [5.74, 6) is -0.267. The van der Waals surface area contributed by atoms with Gasteiger partial charge in [-0.3, -0.25) is 14.9 Å². The number of hydrogen-bond acceptors (Lipinski definition) is 3. The van der Waals surface area contributed by atoms with Crippen molar-refractivity contribution in [3.63, 3.8) is 0 Å². The van der Waals surface area contributed by atoms with Crippen molar-refractivity contribution in [3.05, 3.63) is 44.9 Å². The maximum absolute atomic E-state index is 11.1. The fourth-order valence-electron chi connectivity index (χ4n) is 1.80. The first kappa shape index (κ1) is 12.5. The van der Waals surface area contributed by atoms with E-state index in [1.165, 1.54) is 13.0 Å². The zero-order valence-corrected chi connectivity index (χ0v) is 11.0. The SMILES string of the molecule is CC(=O)Nc1ccc(Br)c2cccc([N+](=O)[O-])c12. The maximum atomic E-state index is 11.1. The number of nitro benzene ring substituents is 1. The number of carbonyl (C=O) groups is 1. The van der Waals surface area contributed by atoms with Crippen LogP contribution in [-0.2, 0) is 4.79 Å². The lowest BCUT2D eigenvalue weighted by molar-refractivity contribution is -0.383. The Labute approximate surface area is 111 Å². The van der Waals surface area contributed by atoms with Gasteiger partial charge in [-0.15, -0.1) is 0 Å². The van der Waals surface area contributed by atoms with Gasteiger partial charge in [0.25, 0.3) is 5.69 Å². The van der Waals surface area contributed by atoms with Crippen LogP contribution in [0.4, 0.5) is 11.4 Å². The summed E-state index contributed by atoms with van der Waals surface area (Å²) < 4.78 is 0.746. The second-order valence-corrected chi connectivity index (χ2v) is 4.59. The van der Waals surface area contributed by atoms with Crippen molar-refractivity contribution in [2.45, 2.75) is 6.92 Å². The summed E-state index contributed by atoms with van der Waals surface area (Å²) in [5.41, 5.74) is 0.408. The van der Waals surface area contributed by atoms with Crippen molar-refractivity contribution in [2.75, 3.05) is 5.32 Å². The number of amides is 1. The van der Waals surface area contributed by atoms with Crippen LogP contribution in [0.25, 0.3) is 10.8 Å².